The molecule has 7 heteroatoms. The molecule has 0 aliphatic rings. The fraction of sp³-hybridized carbons (Fsp3) is 0.100. The van der Waals surface area contributed by atoms with E-state index in [0.29, 0.717) is 9.86 Å². The Morgan fingerprint density at radius 1 is 1.19 bits per heavy atom. The number of hydrogen-bond donors (Lipinski definition) is 0. The van der Waals surface area contributed by atoms with Gasteiger partial charge >= 0.3 is 0 Å². The van der Waals surface area contributed by atoms with Gasteiger partial charge in [-0.05, 0) is 53.4 Å². The van der Waals surface area contributed by atoms with Crippen molar-refractivity contribution >= 4 is 49.2 Å². The van der Waals surface area contributed by atoms with E-state index in [9.17, 15) is 4.79 Å². The van der Waals surface area contributed by atoms with Gasteiger partial charge in [0.15, 0.2) is 5.16 Å². The van der Waals surface area contributed by atoms with Crippen LogP contribution in [0.5, 0.6) is 5.75 Å². The third-order valence-electron chi connectivity index (χ3n) is 4.04. The molecule has 4 rings (SSSR count). The first-order chi connectivity index (χ1) is 13.2. The van der Waals surface area contributed by atoms with Crippen molar-refractivity contribution in [3.05, 3.63) is 80.4 Å². The lowest BCUT2D eigenvalue weighted by molar-refractivity contribution is 0.414. The smallest absolute Gasteiger partial charge is 0.276 e. The Balaban J connectivity index is 1.78. The van der Waals surface area contributed by atoms with Crippen LogP contribution in [0, 0.1) is 0 Å². The van der Waals surface area contributed by atoms with Gasteiger partial charge in [-0.25, -0.2) is 4.98 Å². The molecule has 0 atom stereocenters. The SMILES string of the molecule is COc1ccc(-n2c(SCc3cccc(Br)c3)nc3ccsc3c2=O)cc1. The Bertz CT molecular complexity index is 1150. The van der Waals surface area contributed by atoms with Crippen LogP contribution in [-0.2, 0) is 5.75 Å². The summed E-state index contributed by atoms with van der Waals surface area (Å²) < 4.78 is 8.61. The fourth-order valence-electron chi connectivity index (χ4n) is 2.72. The molecule has 0 spiro atoms. The van der Waals surface area contributed by atoms with Gasteiger partial charge in [-0.1, -0.05) is 39.8 Å². The van der Waals surface area contributed by atoms with Gasteiger partial charge in [0.25, 0.3) is 5.56 Å². The van der Waals surface area contributed by atoms with Gasteiger partial charge in [-0.3, -0.25) is 9.36 Å². The van der Waals surface area contributed by atoms with Crippen molar-refractivity contribution in [3.8, 4) is 11.4 Å². The molecular formula is C20H15BrN2O2S2. The van der Waals surface area contributed by atoms with E-state index in [4.69, 9.17) is 9.72 Å². The molecule has 0 N–H and O–H groups in total. The van der Waals surface area contributed by atoms with Crippen LogP contribution in [0.2, 0.25) is 0 Å². The number of hydrogen-bond acceptors (Lipinski definition) is 5. The number of benzene rings is 2. The summed E-state index contributed by atoms with van der Waals surface area (Å²) >= 11 is 6.47. The molecule has 0 fully saturated rings. The average molecular weight is 459 g/mol. The Kier molecular flexibility index (Phi) is 5.33. The number of thiophene rings is 1. The number of methoxy groups -OCH3 is 1. The maximum absolute atomic E-state index is 13.1. The number of fused-ring (bicyclic) bond motifs is 1. The summed E-state index contributed by atoms with van der Waals surface area (Å²) in [6.45, 7) is 0. The lowest BCUT2D eigenvalue weighted by Crippen LogP contribution is -2.20. The quantitative estimate of drug-likeness (QED) is 0.292. The first kappa shape index (κ1) is 18.3. The van der Waals surface area contributed by atoms with Crippen molar-refractivity contribution < 1.29 is 4.74 Å². The first-order valence-electron chi connectivity index (χ1n) is 8.17. The van der Waals surface area contributed by atoms with Crippen LogP contribution in [-0.4, -0.2) is 16.7 Å². The molecule has 136 valence electrons. The van der Waals surface area contributed by atoms with E-state index in [0.717, 1.165) is 32.7 Å². The number of thioether (sulfide) groups is 1. The zero-order valence-corrected chi connectivity index (χ0v) is 17.6. The molecule has 4 nitrogen and oxygen atoms in total. The predicted octanol–water partition coefficient (Wildman–Crippen LogP) is 5.51. The van der Waals surface area contributed by atoms with Gasteiger partial charge in [0.05, 0.1) is 18.3 Å². The maximum atomic E-state index is 13.1. The van der Waals surface area contributed by atoms with E-state index in [1.54, 1.807) is 23.4 Å². The van der Waals surface area contributed by atoms with Crippen LogP contribution in [0.25, 0.3) is 15.9 Å². The van der Waals surface area contributed by atoms with E-state index in [1.165, 1.54) is 11.3 Å². The third-order valence-corrected chi connectivity index (χ3v) is 6.43. The van der Waals surface area contributed by atoms with Gasteiger partial charge in [0.2, 0.25) is 0 Å². The molecule has 27 heavy (non-hydrogen) atoms. The second kappa shape index (κ2) is 7.88. The van der Waals surface area contributed by atoms with Gasteiger partial charge < -0.3 is 4.74 Å². The van der Waals surface area contributed by atoms with E-state index in [1.807, 2.05) is 47.8 Å². The number of ether oxygens (including phenoxy) is 1. The number of halogens is 1. The summed E-state index contributed by atoms with van der Waals surface area (Å²) in [6.07, 6.45) is 0. The highest BCUT2D eigenvalue weighted by Gasteiger charge is 2.14. The zero-order chi connectivity index (χ0) is 18.8. The van der Waals surface area contributed by atoms with Crippen LogP contribution in [0.4, 0.5) is 0 Å². The summed E-state index contributed by atoms with van der Waals surface area (Å²) in [6, 6.07) is 17.5. The molecule has 2 aromatic heterocycles. The van der Waals surface area contributed by atoms with Crippen molar-refractivity contribution in [2.75, 3.05) is 7.11 Å². The van der Waals surface area contributed by atoms with Crippen molar-refractivity contribution in [2.24, 2.45) is 0 Å². The minimum Gasteiger partial charge on any atom is -0.497 e. The molecular weight excluding hydrogens is 444 g/mol. The standard InChI is InChI=1S/C20H15BrN2O2S2/c1-25-16-7-5-15(6-8-16)23-19(24)18-17(9-10-26-18)22-20(23)27-12-13-3-2-4-14(21)11-13/h2-11H,12H2,1H3. The fourth-order valence-corrected chi connectivity index (χ4v) is 4.88. The summed E-state index contributed by atoms with van der Waals surface area (Å²) in [5.41, 5.74) is 2.64. The Labute approximate surface area is 173 Å². The molecule has 0 amide bonds. The summed E-state index contributed by atoms with van der Waals surface area (Å²) in [5.74, 6) is 1.47. The highest BCUT2D eigenvalue weighted by atomic mass is 79.9. The Morgan fingerprint density at radius 3 is 2.74 bits per heavy atom. The number of rotatable bonds is 5. The highest BCUT2D eigenvalue weighted by Crippen LogP contribution is 2.27. The minimum atomic E-state index is -0.0445. The van der Waals surface area contributed by atoms with E-state index in [-0.39, 0.29) is 5.56 Å². The summed E-state index contributed by atoms with van der Waals surface area (Å²) in [7, 11) is 1.62. The van der Waals surface area contributed by atoms with Crippen molar-refractivity contribution in [3.63, 3.8) is 0 Å². The van der Waals surface area contributed by atoms with Crippen LogP contribution >= 0.6 is 39.0 Å². The van der Waals surface area contributed by atoms with Crippen LogP contribution in [0.15, 0.2) is 74.4 Å². The van der Waals surface area contributed by atoms with Gasteiger partial charge in [0.1, 0.15) is 10.4 Å². The molecule has 0 unspecified atom stereocenters. The van der Waals surface area contributed by atoms with Crippen molar-refractivity contribution in [1.29, 1.82) is 0 Å². The Morgan fingerprint density at radius 2 is 2.00 bits per heavy atom. The maximum Gasteiger partial charge on any atom is 0.276 e. The van der Waals surface area contributed by atoms with Crippen LogP contribution < -0.4 is 10.3 Å². The van der Waals surface area contributed by atoms with Gasteiger partial charge in [0, 0.05) is 10.2 Å². The largest absolute Gasteiger partial charge is 0.497 e. The molecule has 2 heterocycles. The minimum absolute atomic E-state index is 0.0445. The lowest BCUT2D eigenvalue weighted by atomic mass is 10.2. The molecule has 0 saturated heterocycles. The van der Waals surface area contributed by atoms with E-state index in [2.05, 4.69) is 28.1 Å². The highest BCUT2D eigenvalue weighted by molar-refractivity contribution is 9.10. The van der Waals surface area contributed by atoms with Crippen molar-refractivity contribution in [1.82, 2.24) is 9.55 Å². The van der Waals surface area contributed by atoms with Gasteiger partial charge in [-0.2, -0.15) is 0 Å². The number of aromatic nitrogens is 2. The third kappa shape index (κ3) is 3.81. The molecule has 0 radical (unpaired) electrons. The average Bonchev–Trinajstić information content (AvgIpc) is 3.16. The first-order valence-corrected chi connectivity index (χ1v) is 10.8. The molecule has 2 aromatic carbocycles. The van der Waals surface area contributed by atoms with Crippen LogP contribution in [0.1, 0.15) is 5.56 Å². The van der Waals surface area contributed by atoms with E-state index >= 15 is 0 Å². The Hall–Kier alpha value is -2.09. The monoisotopic (exact) mass is 458 g/mol. The molecule has 0 aliphatic carbocycles. The second-order valence-electron chi connectivity index (χ2n) is 5.79. The van der Waals surface area contributed by atoms with Gasteiger partial charge in [-0.15, -0.1) is 11.3 Å². The lowest BCUT2D eigenvalue weighted by Gasteiger charge is -2.12. The van der Waals surface area contributed by atoms with Crippen LogP contribution in [0.3, 0.4) is 0 Å². The van der Waals surface area contributed by atoms with E-state index < -0.39 is 0 Å². The summed E-state index contributed by atoms with van der Waals surface area (Å²) in [4.78, 5) is 17.9. The molecule has 4 aromatic rings. The van der Waals surface area contributed by atoms with Crippen molar-refractivity contribution in [2.45, 2.75) is 10.9 Å². The summed E-state index contributed by atoms with van der Waals surface area (Å²) in [5, 5.41) is 2.58. The molecule has 0 saturated carbocycles. The molecule has 0 bridgehead atoms. The second-order valence-corrected chi connectivity index (χ2v) is 8.56. The predicted molar refractivity (Wildman–Crippen MR) is 115 cm³/mol. The topological polar surface area (TPSA) is 44.1 Å². The number of nitrogens with zero attached hydrogens (tertiary/aromatic N) is 2. The molecule has 0 aliphatic heterocycles. The zero-order valence-electron chi connectivity index (χ0n) is 14.4. The normalized spacial score (nSPS) is 11.0.